The van der Waals surface area contributed by atoms with Gasteiger partial charge in [0, 0.05) is 13.1 Å². The van der Waals surface area contributed by atoms with Crippen molar-refractivity contribution in [3.8, 4) is 0 Å². The minimum Gasteiger partial charge on any atom is -0.481 e. The molecule has 0 aromatic carbocycles. The fraction of sp³-hybridized carbons (Fsp3) is 0.818. The number of rotatable bonds is 2. The molecule has 1 saturated carbocycles. The van der Waals surface area contributed by atoms with Crippen molar-refractivity contribution in [2.24, 2.45) is 11.3 Å². The summed E-state index contributed by atoms with van der Waals surface area (Å²) in [6.07, 6.45) is -2.45. The summed E-state index contributed by atoms with van der Waals surface area (Å²) < 4.78 is 36.9. The van der Waals surface area contributed by atoms with Gasteiger partial charge in [-0.15, -0.1) is 0 Å². The molecule has 0 aromatic heterocycles. The van der Waals surface area contributed by atoms with E-state index in [4.69, 9.17) is 0 Å². The van der Waals surface area contributed by atoms with Gasteiger partial charge >= 0.3 is 18.1 Å². The lowest BCUT2D eigenvalue weighted by atomic mass is 9.64. The van der Waals surface area contributed by atoms with Crippen molar-refractivity contribution in [1.82, 2.24) is 4.90 Å². The maximum atomic E-state index is 12.3. The Hall–Kier alpha value is -1.27. The molecule has 0 bridgehead atoms. The normalized spacial score (nSPS) is 29.2. The molecule has 1 aliphatic carbocycles. The van der Waals surface area contributed by atoms with E-state index in [1.54, 1.807) is 0 Å². The maximum absolute atomic E-state index is 12.3. The highest BCUT2D eigenvalue weighted by atomic mass is 19.4. The largest absolute Gasteiger partial charge is 0.481 e. The van der Waals surface area contributed by atoms with Crippen molar-refractivity contribution in [1.29, 1.82) is 0 Å². The third-order valence-electron chi connectivity index (χ3n) is 4.14. The minimum atomic E-state index is -4.92. The van der Waals surface area contributed by atoms with Crippen LogP contribution in [-0.2, 0) is 9.59 Å². The Bertz CT molecular complexity index is 378. The van der Waals surface area contributed by atoms with E-state index in [0.29, 0.717) is 4.90 Å². The van der Waals surface area contributed by atoms with E-state index in [1.807, 2.05) is 0 Å². The lowest BCUT2D eigenvalue weighted by molar-refractivity contribution is -0.185. The molecule has 0 radical (unpaired) electrons. The Morgan fingerprint density at radius 1 is 1.28 bits per heavy atom. The standard InChI is InChI=1S/C11H14F3NO3/c12-11(13,14)8(16)15-5-4-10(6-15,9(17)18)7-2-1-3-7/h7H,1-6H2,(H,17,18). The summed E-state index contributed by atoms with van der Waals surface area (Å²) in [7, 11) is 0. The molecule has 1 amide bonds. The van der Waals surface area contributed by atoms with E-state index >= 15 is 0 Å². The van der Waals surface area contributed by atoms with Crippen molar-refractivity contribution in [2.75, 3.05) is 13.1 Å². The van der Waals surface area contributed by atoms with E-state index in [1.165, 1.54) is 0 Å². The third-order valence-corrected chi connectivity index (χ3v) is 4.14. The molecule has 1 unspecified atom stereocenters. The number of nitrogens with zero attached hydrogens (tertiary/aromatic N) is 1. The molecular weight excluding hydrogens is 251 g/mol. The molecule has 0 aromatic rings. The predicted molar refractivity (Wildman–Crippen MR) is 54.7 cm³/mol. The molecule has 18 heavy (non-hydrogen) atoms. The number of carbonyl (C=O) groups excluding carboxylic acids is 1. The van der Waals surface area contributed by atoms with Gasteiger partial charge in [-0.3, -0.25) is 9.59 Å². The molecule has 1 N–H and O–H groups in total. The Morgan fingerprint density at radius 2 is 1.89 bits per heavy atom. The van der Waals surface area contributed by atoms with E-state index in [2.05, 4.69) is 0 Å². The second kappa shape index (κ2) is 4.13. The summed E-state index contributed by atoms with van der Waals surface area (Å²) in [6.45, 7) is -0.438. The molecule has 2 aliphatic rings. The third kappa shape index (κ3) is 1.95. The molecule has 0 spiro atoms. The summed E-state index contributed by atoms with van der Waals surface area (Å²) in [6, 6.07) is 0. The van der Waals surface area contributed by atoms with Gasteiger partial charge in [-0.2, -0.15) is 13.2 Å². The van der Waals surface area contributed by atoms with Crippen LogP contribution in [0.25, 0.3) is 0 Å². The molecule has 1 atom stereocenters. The highest BCUT2D eigenvalue weighted by molar-refractivity contribution is 5.84. The number of hydrogen-bond acceptors (Lipinski definition) is 2. The first-order valence-electron chi connectivity index (χ1n) is 5.87. The fourth-order valence-corrected chi connectivity index (χ4v) is 2.83. The van der Waals surface area contributed by atoms with Gasteiger partial charge in [0.2, 0.25) is 0 Å². The number of aliphatic carboxylic acids is 1. The molecule has 1 heterocycles. The lowest BCUT2D eigenvalue weighted by Gasteiger charge is -2.39. The van der Waals surface area contributed by atoms with Crippen LogP contribution in [0.2, 0.25) is 0 Å². The van der Waals surface area contributed by atoms with Crippen LogP contribution in [0.15, 0.2) is 0 Å². The Labute approximate surface area is 102 Å². The van der Waals surface area contributed by atoms with Crippen molar-refractivity contribution >= 4 is 11.9 Å². The maximum Gasteiger partial charge on any atom is 0.471 e. The van der Waals surface area contributed by atoms with Gasteiger partial charge in [0.1, 0.15) is 0 Å². The van der Waals surface area contributed by atoms with E-state index in [9.17, 15) is 27.9 Å². The van der Waals surface area contributed by atoms with Gasteiger partial charge in [0.05, 0.1) is 5.41 Å². The van der Waals surface area contributed by atoms with Crippen LogP contribution >= 0.6 is 0 Å². The van der Waals surface area contributed by atoms with Crippen LogP contribution in [-0.4, -0.2) is 41.1 Å². The number of carboxylic acids is 1. The van der Waals surface area contributed by atoms with Crippen LogP contribution < -0.4 is 0 Å². The number of alkyl halides is 3. The van der Waals surface area contributed by atoms with Crippen LogP contribution in [0, 0.1) is 11.3 Å². The topological polar surface area (TPSA) is 57.6 Å². The number of halogens is 3. The minimum absolute atomic E-state index is 0.0963. The molecular formula is C11H14F3NO3. The van der Waals surface area contributed by atoms with Gasteiger partial charge in [-0.05, 0) is 25.2 Å². The fourth-order valence-electron chi connectivity index (χ4n) is 2.83. The molecule has 102 valence electrons. The summed E-state index contributed by atoms with van der Waals surface area (Å²) in [5.41, 5.74) is -1.17. The Kier molecular flexibility index (Phi) is 3.03. The van der Waals surface area contributed by atoms with Gasteiger partial charge < -0.3 is 10.0 Å². The quantitative estimate of drug-likeness (QED) is 0.826. The SMILES string of the molecule is O=C(N1CCC(C(=O)O)(C2CCC2)C1)C(F)(F)F. The zero-order valence-corrected chi connectivity index (χ0v) is 9.66. The van der Waals surface area contributed by atoms with E-state index < -0.39 is 23.5 Å². The average Bonchev–Trinajstić information content (AvgIpc) is 2.58. The highest BCUT2D eigenvalue weighted by Crippen LogP contribution is 2.48. The smallest absolute Gasteiger partial charge is 0.471 e. The molecule has 2 rings (SSSR count). The molecule has 4 nitrogen and oxygen atoms in total. The first-order valence-corrected chi connectivity index (χ1v) is 5.87. The number of amides is 1. The van der Waals surface area contributed by atoms with Crippen LogP contribution in [0.1, 0.15) is 25.7 Å². The van der Waals surface area contributed by atoms with E-state index in [0.717, 1.165) is 19.3 Å². The van der Waals surface area contributed by atoms with Crippen LogP contribution in [0.3, 0.4) is 0 Å². The summed E-state index contributed by atoms with van der Waals surface area (Å²) in [4.78, 5) is 23.1. The zero-order chi connectivity index (χ0) is 13.6. The molecule has 1 aliphatic heterocycles. The molecule has 2 fully saturated rings. The monoisotopic (exact) mass is 265 g/mol. The Balaban J connectivity index is 2.14. The highest BCUT2D eigenvalue weighted by Gasteiger charge is 2.56. The number of carboxylic acid groups (broad SMARTS) is 1. The summed E-state index contributed by atoms with van der Waals surface area (Å²) >= 11 is 0. The van der Waals surface area contributed by atoms with Crippen molar-refractivity contribution in [2.45, 2.75) is 31.9 Å². The van der Waals surface area contributed by atoms with Crippen LogP contribution in [0.4, 0.5) is 13.2 Å². The molecule has 1 saturated heterocycles. The van der Waals surface area contributed by atoms with Gasteiger partial charge in [-0.1, -0.05) is 6.42 Å². The number of hydrogen-bond donors (Lipinski definition) is 1. The number of carbonyl (C=O) groups is 2. The predicted octanol–water partition coefficient (Wildman–Crippen LogP) is 1.65. The van der Waals surface area contributed by atoms with Crippen LogP contribution in [0.5, 0.6) is 0 Å². The second-order valence-electron chi connectivity index (χ2n) is 5.06. The van der Waals surface area contributed by atoms with Crippen molar-refractivity contribution in [3.05, 3.63) is 0 Å². The van der Waals surface area contributed by atoms with Gasteiger partial charge in [0.25, 0.3) is 0 Å². The van der Waals surface area contributed by atoms with Crippen molar-refractivity contribution in [3.63, 3.8) is 0 Å². The second-order valence-corrected chi connectivity index (χ2v) is 5.06. The Morgan fingerprint density at radius 3 is 2.28 bits per heavy atom. The first-order chi connectivity index (χ1) is 8.27. The zero-order valence-electron chi connectivity index (χ0n) is 9.66. The van der Waals surface area contributed by atoms with Crippen molar-refractivity contribution < 1.29 is 27.9 Å². The van der Waals surface area contributed by atoms with Gasteiger partial charge in [0.15, 0.2) is 0 Å². The lowest BCUT2D eigenvalue weighted by Crippen LogP contribution is -2.47. The average molecular weight is 265 g/mol. The summed E-state index contributed by atoms with van der Waals surface area (Å²) in [5.74, 6) is -3.10. The first kappa shape index (κ1) is 13.2. The van der Waals surface area contributed by atoms with Gasteiger partial charge in [-0.25, -0.2) is 0 Å². The number of likely N-dealkylation sites (tertiary alicyclic amines) is 1. The summed E-state index contributed by atoms with van der Waals surface area (Å²) in [5, 5.41) is 9.28. The van der Waals surface area contributed by atoms with E-state index in [-0.39, 0.29) is 25.4 Å². The molecule has 7 heteroatoms.